The van der Waals surface area contributed by atoms with E-state index in [1.54, 1.807) is 43.3 Å². The second kappa shape index (κ2) is 9.93. The minimum atomic E-state index is -0.0224. The fourth-order valence-corrected chi connectivity index (χ4v) is 2.75. The molecule has 2 aromatic carbocycles. The SMILES string of the molecule is COc1cccc(-c2noc(CN(C)C(=O)CCCOc3ccc(Cl)cc3)n2)c1. The quantitative estimate of drug-likeness (QED) is 0.487. The molecule has 0 aliphatic carbocycles. The molecule has 152 valence electrons. The van der Waals surface area contributed by atoms with E-state index in [1.807, 2.05) is 24.3 Å². The summed E-state index contributed by atoms with van der Waals surface area (Å²) in [6.07, 6.45) is 0.964. The highest BCUT2D eigenvalue weighted by molar-refractivity contribution is 6.30. The molecule has 0 saturated carbocycles. The van der Waals surface area contributed by atoms with Crippen LogP contribution in [0.5, 0.6) is 11.5 Å². The second-order valence-corrected chi connectivity index (χ2v) is 6.84. The first-order valence-electron chi connectivity index (χ1n) is 9.14. The molecule has 0 radical (unpaired) electrons. The largest absolute Gasteiger partial charge is 0.497 e. The summed E-state index contributed by atoms with van der Waals surface area (Å²) in [6.45, 7) is 0.690. The van der Waals surface area contributed by atoms with Gasteiger partial charge >= 0.3 is 0 Å². The van der Waals surface area contributed by atoms with Gasteiger partial charge in [0.15, 0.2) is 0 Å². The van der Waals surface area contributed by atoms with Crippen molar-refractivity contribution < 1.29 is 18.8 Å². The minimum absolute atomic E-state index is 0.0224. The number of hydrogen-bond donors (Lipinski definition) is 0. The Kier molecular flexibility index (Phi) is 7.08. The van der Waals surface area contributed by atoms with E-state index in [0.717, 1.165) is 11.3 Å². The summed E-state index contributed by atoms with van der Waals surface area (Å²) in [5.41, 5.74) is 0.785. The monoisotopic (exact) mass is 415 g/mol. The Hall–Kier alpha value is -3.06. The highest BCUT2D eigenvalue weighted by Gasteiger charge is 2.15. The molecule has 0 atom stereocenters. The molecule has 0 unspecified atom stereocenters. The van der Waals surface area contributed by atoms with Crippen molar-refractivity contribution in [2.75, 3.05) is 20.8 Å². The molecule has 0 spiro atoms. The van der Waals surface area contributed by atoms with Crippen LogP contribution in [0.2, 0.25) is 5.02 Å². The highest BCUT2D eigenvalue weighted by atomic mass is 35.5. The lowest BCUT2D eigenvalue weighted by Crippen LogP contribution is -2.26. The zero-order valence-corrected chi connectivity index (χ0v) is 17.1. The molecule has 1 aromatic heterocycles. The van der Waals surface area contributed by atoms with E-state index < -0.39 is 0 Å². The number of carbonyl (C=O) groups excluding carboxylic acids is 1. The summed E-state index contributed by atoms with van der Waals surface area (Å²) >= 11 is 5.84. The fourth-order valence-electron chi connectivity index (χ4n) is 2.62. The van der Waals surface area contributed by atoms with Gasteiger partial charge in [0.2, 0.25) is 17.6 Å². The van der Waals surface area contributed by atoms with Crippen molar-refractivity contribution in [1.29, 1.82) is 0 Å². The molecule has 0 fully saturated rings. The zero-order valence-electron chi connectivity index (χ0n) is 16.3. The van der Waals surface area contributed by atoms with Crippen molar-refractivity contribution in [3.8, 4) is 22.9 Å². The predicted octanol–water partition coefficient (Wildman–Crippen LogP) is 4.22. The summed E-state index contributed by atoms with van der Waals surface area (Å²) in [7, 11) is 3.31. The van der Waals surface area contributed by atoms with Gasteiger partial charge in [-0.15, -0.1) is 0 Å². The number of carbonyl (C=O) groups is 1. The smallest absolute Gasteiger partial charge is 0.246 e. The standard InChI is InChI=1S/C21H22ClN3O4/c1-25(20(26)7-4-12-28-17-10-8-16(22)9-11-17)14-19-23-21(24-29-19)15-5-3-6-18(13-15)27-2/h3,5-6,8-11,13H,4,7,12,14H2,1-2H3. The van der Waals surface area contributed by atoms with Gasteiger partial charge in [-0.2, -0.15) is 4.98 Å². The number of halogens is 1. The maximum absolute atomic E-state index is 12.3. The van der Waals surface area contributed by atoms with E-state index in [1.165, 1.54) is 0 Å². The number of ether oxygens (including phenoxy) is 2. The van der Waals surface area contributed by atoms with Crippen molar-refractivity contribution in [2.24, 2.45) is 0 Å². The lowest BCUT2D eigenvalue weighted by Gasteiger charge is -2.14. The van der Waals surface area contributed by atoms with Crippen LogP contribution in [-0.2, 0) is 11.3 Å². The topological polar surface area (TPSA) is 77.7 Å². The Morgan fingerprint density at radius 1 is 1.17 bits per heavy atom. The van der Waals surface area contributed by atoms with Gasteiger partial charge in [0.1, 0.15) is 11.5 Å². The van der Waals surface area contributed by atoms with Crippen LogP contribution in [0.3, 0.4) is 0 Å². The minimum Gasteiger partial charge on any atom is -0.497 e. The lowest BCUT2D eigenvalue weighted by molar-refractivity contribution is -0.131. The number of hydrogen-bond acceptors (Lipinski definition) is 6. The maximum atomic E-state index is 12.3. The van der Waals surface area contributed by atoms with Gasteiger partial charge in [-0.05, 0) is 42.8 Å². The molecular formula is C21H22ClN3O4. The van der Waals surface area contributed by atoms with Crippen molar-refractivity contribution in [2.45, 2.75) is 19.4 Å². The Labute approximate surface area is 174 Å². The first-order valence-corrected chi connectivity index (χ1v) is 9.52. The molecule has 0 N–H and O–H groups in total. The molecule has 0 aliphatic rings. The van der Waals surface area contributed by atoms with Crippen molar-refractivity contribution in [3.63, 3.8) is 0 Å². The van der Waals surface area contributed by atoms with Crippen LogP contribution in [0.15, 0.2) is 53.1 Å². The lowest BCUT2D eigenvalue weighted by atomic mass is 10.2. The van der Waals surface area contributed by atoms with E-state index in [2.05, 4.69) is 10.1 Å². The van der Waals surface area contributed by atoms with Crippen LogP contribution in [0.4, 0.5) is 0 Å². The molecule has 7 nitrogen and oxygen atoms in total. The Morgan fingerprint density at radius 2 is 1.97 bits per heavy atom. The van der Waals surface area contributed by atoms with Gasteiger partial charge < -0.3 is 18.9 Å². The van der Waals surface area contributed by atoms with Crippen LogP contribution in [0, 0.1) is 0 Å². The van der Waals surface area contributed by atoms with Gasteiger partial charge in [0.25, 0.3) is 0 Å². The first-order chi connectivity index (χ1) is 14.0. The third-order valence-electron chi connectivity index (χ3n) is 4.21. The van der Waals surface area contributed by atoms with Crippen LogP contribution in [0.25, 0.3) is 11.4 Å². The molecule has 0 bridgehead atoms. The molecule has 0 aliphatic heterocycles. The van der Waals surface area contributed by atoms with Gasteiger partial charge in [-0.1, -0.05) is 28.9 Å². The molecule has 3 rings (SSSR count). The summed E-state index contributed by atoms with van der Waals surface area (Å²) in [5, 5.41) is 4.64. The van der Waals surface area contributed by atoms with E-state index >= 15 is 0 Å². The van der Waals surface area contributed by atoms with Crippen molar-refractivity contribution in [1.82, 2.24) is 15.0 Å². The Balaban J connectivity index is 1.45. The Bertz CT molecular complexity index is 943. The average Bonchev–Trinajstić information content (AvgIpc) is 3.21. The number of methoxy groups -OCH3 is 1. The maximum Gasteiger partial charge on any atom is 0.246 e. The average molecular weight is 416 g/mol. The molecule has 1 amide bonds. The van der Waals surface area contributed by atoms with Gasteiger partial charge in [-0.3, -0.25) is 4.79 Å². The highest BCUT2D eigenvalue weighted by Crippen LogP contribution is 2.21. The van der Waals surface area contributed by atoms with E-state index in [9.17, 15) is 4.79 Å². The van der Waals surface area contributed by atoms with Gasteiger partial charge in [0, 0.05) is 24.1 Å². The number of nitrogens with zero attached hydrogens (tertiary/aromatic N) is 3. The number of aromatic nitrogens is 2. The summed E-state index contributed by atoms with van der Waals surface area (Å²) in [5.74, 6) is 2.24. The third-order valence-corrected chi connectivity index (χ3v) is 4.46. The summed E-state index contributed by atoms with van der Waals surface area (Å²) in [6, 6.07) is 14.5. The first kappa shape index (κ1) is 20.7. The van der Waals surface area contributed by atoms with Crippen LogP contribution >= 0.6 is 11.6 Å². The number of amides is 1. The van der Waals surface area contributed by atoms with E-state index in [-0.39, 0.29) is 12.5 Å². The summed E-state index contributed by atoms with van der Waals surface area (Å²) in [4.78, 5) is 18.2. The Morgan fingerprint density at radius 3 is 2.72 bits per heavy atom. The predicted molar refractivity (Wildman–Crippen MR) is 109 cm³/mol. The van der Waals surface area contributed by atoms with Crippen LogP contribution in [0.1, 0.15) is 18.7 Å². The van der Waals surface area contributed by atoms with Crippen LogP contribution in [-0.4, -0.2) is 41.7 Å². The molecule has 1 heterocycles. The molecule has 0 saturated heterocycles. The second-order valence-electron chi connectivity index (χ2n) is 6.40. The number of rotatable bonds is 9. The van der Waals surface area contributed by atoms with Crippen molar-refractivity contribution in [3.05, 3.63) is 59.4 Å². The molecule has 8 heteroatoms. The van der Waals surface area contributed by atoms with Gasteiger partial charge in [0.05, 0.1) is 20.3 Å². The van der Waals surface area contributed by atoms with Crippen molar-refractivity contribution >= 4 is 17.5 Å². The molecule has 3 aromatic rings. The summed E-state index contributed by atoms with van der Waals surface area (Å²) < 4.78 is 16.1. The zero-order chi connectivity index (χ0) is 20.6. The third kappa shape index (κ3) is 5.96. The molecule has 29 heavy (non-hydrogen) atoms. The van der Waals surface area contributed by atoms with E-state index in [4.69, 9.17) is 25.6 Å². The normalized spacial score (nSPS) is 10.6. The number of benzene rings is 2. The van der Waals surface area contributed by atoms with Gasteiger partial charge in [-0.25, -0.2) is 0 Å². The van der Waals surface area contributed by atoms with E-state index in [0.29, 0.717) is 41.9 Å². The molecular weight excluding hydrogens is 394 g/mol. The van der Waals surface area contributed by atoms with Crippen LogP contribution < -0.4 is 9.47 Å². The fraction of sp³-hybridized carbons (Fsp3) is 0.286.